The third-order valence-electron chi connectivity index (χ3n) is 5.40. The number of carbonyl (C=O) groups excluding carboxylic acids is 1. The van der Waals surface area contributed by atoms with Gasteiger partial charge in [0.2, 0.25) is 15.9 Å². The number of carbonyl (C=O) groups is 1. The van der Waals surface area contributed by atoms with E-state index in [1.54, 1.807) is 4.90 Å². The van der Waals surface area contributed by atoms with Gasteiger partial charge in [-0.2, -0.15) is 0 Å². The lowest BCUT2D eigenvalue weighted by Crippen LogP contribution is -2.50. The van der Waals surface area contributed by atoms with Crippen molar-refractivity contribution in [3.8, 4) is 0 Å². The Balaban J connectivity index is 1.61. The van der Waals surface area contributed by atoms with Crippen LogP contribution in [0, 0.1) is 11.6 Å². The summed E-state index contributed by atoms with van der Waals surface area (Å²) in [5.41, 5.74) is 0. The van der Waals surface area contributed by atoms with Crippen molar-refractivity contribution in [2.45, 2.75) is 54.3 Å². The Morgan fingerprint density at radius 3 is 2.14 bits per heavy atom. The molecule has 2 unspecified atom stereocenters. The average Bonchev–Trinajstić information content (AvgIpc) is 2.83. The number of rotatable bonds is 6. The minimum Gasteiger partial charge on any atom is -0.337 e. The molecule has 2 saturated heterocycles. The summed E-state index contributed by atoms with van der Waals surface area (Å²) in [6, 6.07) is 2.39. The number of sulfonamides is 1. The molecule has 0 radical (unpaired) electrons. The van der Waals surface area contributed by atoms with Crippen LogP contribution in [-0.2, 0) is 24.7 Å². The summed E-state index contributed by atoms with van der Waals surface area (Å²) >= 11 is 0. The van der Waals surface area contributed by atoms with E-state index in [-0.39, 0.29) is 31.0 Å². The van der Waals surface area contributed by atoms with E-state index in [0.29, 0.717) is 25.7 Å². The SMILES string of the molecule is CS(=O)(=O)C1CC2CCC(C1)N2C(=O)CCNS(=O)(=O)c1c(F)cccc1F. The predicted molar refractivity (Wildman–Crippen MR) is 97.7 cm³/mol. The van der Waals surface area contributed by atoms with E-state index in [1.165, 1.54) is 6.26 Å². The molecule has 156 valence electrons. The predicted octanol–water partition coefficient (Wildman–Crippen LogP) is 1.20. The Hall–Kier alpha value is -1.59. The molecule has 1 N–H and O–H groups in total. The first-order valence-electron chi connectivity index (χ1n) is 8.94. The normalized spacial score (nSPS) is 25.1. The summed E-state index contributed by atoms with van der Waals surface area (Å²) in [7, 11) is -7.61. The Kier molecular flexibility index (Phi) is 5.79. The molecule has 2 aliphatic rings. The smallest absolute Gasteiger partial charge is 0.246 e. The van der Waals surface area contributed by atoms with E-state index in [1.807, 2.05) is 0 Å². The van der Waals surface area contributed by atoms with Gasteiger partial charge in [0.25, 0.3) is 0 Å². The summed E-state index contributed by atoms with van der Waals surface area (Å²) in [6.45, 7) is -0.305. The Morgan fingerprint density at radius 2 is 1.64 bits per heavy atom. The van der Waals surface area contributed by atoms with E-state index in [4.69, 9.17) is 0 Å². The zero-order valence-corrected chi connectivity index (χ0v) is 16.9. The first-order chi connectivity index (χ1) is 13.0. The van der Waals surface area contributed by atoms with Gasteiger partial charge in [0.1, 0.15) is 21.5 Å². The zero-order valence-electron chi connectivity index (χ0n) is 15.3. The van der Waals surface area contributed by atoms with Crippen LogP contribution in [0.25, 0.3) is 0 Å². The molecule has 2 atom stereocenters. The molecule has 0 aliphatic carbocycles. The first kappa shape index (κ1) is 21.1. The molecule has 11 heteroatoms. The fourth-order valence-electron chi connectivity index (χ4n) is 4.12. The van der Waals surface area contributed by atoms with Crippen molar-refractivity contribution in [2.24, 2.45) is 0 Å². The van der Waals surface area contributed by atoms with Crippen molar-refractivity contribution < 1.29 is 30.4 Å². The molecule has 2 heterocycles. The first-order valence-corrected chi connectivity index (χ1v) is 12.4. The second-order valence-corrected chi connectivity index (χ2v) is 11.3. The highest BCUT2D eigenvalue weighted by atomic mass is 32.2. The van der Waals surface area contributed by atoms with Crippen LogP contribution in [0.2, 0.25) is 0 Å². The number of benzene rings is 1. The number of piperidine rings is 1. The third kappa shape index (κ3) is 4.20. The van der Waals surface area contributed by atoms with Gasteiger partial charge in [-0.05, 0) is 37.8 Å². The van der Waals surface area contributed by atoms with Gasteiger partial charge in [0.05, 0.1) is 5.25 Å². The Morgan fingerprint density at radius 1 is 1.11 bits per heavy atom. The van der Waals surface area contributed by atoms with Crippen LogP contribution in [-0.4, -0.2) is 57.8 Å². The molecule has 3 rings (SSSR count). The molecule has 28 heavy (non-hydrogen) atoms. The maximum absolute atomic E-state index is 13.7. The molecule has 2 bridgehead atoms. The summed E-state index contributed by atoms with van der Waals surface area (Å²) in [5, 5.41) is -0.461. The van der Waals surface area contributed by atoms with Crippen LogP contribution in [0.4, 0.5) is 8.78 Å². The monoisotopic (exact) mass is 436 g/mol. The van der Waals surface area contributed by atoms with Crippen LogP contribution in [0.3, 0.4) is 0 Å². The van der Waals surface area contributed by atoms with Crippen LogP contribution in [0.5, 0.6) is 0 Å². The van der Waals surface area contributed by atoms with Crippen LogP contribution >= 0.6 is 0 Å². The lowest BCUT2D eigenvalue weighted by Gasteiger charge is -2.38. The van der Waals surface area contributed by atoms with Crippen LogP contribution in [0.15, 0.2) is 23.1 Å². The summed E-state index contributed by atoms with van der Waals surface area (Å²) < 4.78 is 77.3. The average molecular weight is 437 g/mol. The van der Waals surface area contributed by atoms with Crippen molar-refractivity contribution in [1.82, 2.24) is 9.62 Å². The summed E-state index contributed by atoms with van der Waals surface area (Å²) in [5.74, 6) is -2.71. The maximum Gasteiger partial charge on any atom is 0.246 e. The van der Waals surface area contributed by atoms with Gasteiger partial charge in [-0.15, -0.1) is 0 Å². The Bertz CT molecular complexity index is 947. The number of amides is 1. The molecule has 1 aromatic rings. The standard InChI is InChI=1S/C17H22F2N2O5S2/c1-27(23,24)13-9-11-5-6-12(10-13)21(11)16(22)7-8-20-28(25,26)17-14(18)3-2-4-15(17)19/h2-4,11-13,20H,5-10H2,1H3. The molecule has 0 aromatic heterocycles. The fraction of sp³-hybridized carbons (Fsp3) is 0.588. The van der Waals surface area contributed by atoms with E-state index in [9.17, 15) is 30.4 Å². The molecular weight excluding hydrogens is 414 g/mol. The third-order valence-corrected chi connectivity index (χ3v) is 8.51. The molecule has 7 nitrogen and oxygen atoms in total. The highest BCUT2D eigenvalue weighted by Crippen LogP contribution is 2.38. The lowest BCUT2D eigenvalue weighted by molar-refractivity contribution is -0.135. The molecule has 1 aromatic carbocycles. The maximum atomic E-state index is 13.7. The molecule has 0 spiro atoms. The van der Waals surface area contributed by atoms with E-state index < -0.39 is 41.6 Å². The molecule has 1 amide bonds. The summed E-state index contributed by atoms with van der Waals surface area (Å²) in [6.07, 6.45) is 3.22. The van der Waals surface area contributed by atoms with Gasteiger partial charge in [-0.3, -0.25) is 4.79 Å². The highest BCUT2D eigenvalue weighted by Gasteiger charge is 2.45. The zero-order chi connectivity index (χ0) is 20.7. The molecular formula is C17H22F2N2O5S2. The topological polar surface area (TPSA) is 101 Å². The Labute approximate surface area is 163 Å². The minimum atomic E-state index is -4.44. The van der Waals surface area contributed by atoms with E-state index in [0.717, 1.165) is 18.2 Å². The lowest BCUT2D eigenvalue weighted by atomic mass is 10.0. The van der Waals surface area contributed by atoms with Crippen molar-refractivity contribution >= 4 is 25.8 Å². The number of fused-ring (bicyclic) bond motifs is 2. The van der Waals surface area contributed by atoms with Gasteiger partial charge in [0.15, 0.2) is 4.90 Å². The van der Waals surface area contributed by atoms with Crippen LogP contribution < -0.4 is 4.72 Å². The van der Waals surface area contributed by atoms with Gasteiger partial charge < -0.3 is 4.90 Å². The second-order valence-electron chi connectivity index (χ2n) is 7.31. The van der Waals surface area contributed by atoms with Gasteiger partial charge in [0, 0.05) is 31.3 Å². The molecule has 2 fully saturated rings. The quantitative estimate of drug-likeness (QED) is 0.722. The van der Waals surface area contributed by atoms with Gasteiger partial charge >= 0.3 is 0 Å². The number of sulfone groups is 1. The van der Waals surface area contributed by atoms with Crippen molar-refractivity contribution in [3.05, 3.63) is 29.8 Å². The van der Waals surface area contributed by atoms with Gasteiger partial charge in [-0.25, -0.2) is 30.3 Å². The fourth-order valence-corrected chi connectivity index (χ4v) is 6.42. The molecule has 2 aliphatic heterocycles. The minimum absolute atomic E-state index is 0.174. The van der Waals surface area contributed by atoms with Crippen LogP contribution in [0.1, 0.15) is 32.1 Å². The van der Waals surface area contributed by atoms with E-state index in [2.05, 4.69) is 4.72 Å². The number of nitrogens with one attached hydrogen (secondary N) is 1. The van der Waals surface area contributed by atoms with Crippen molar-refractivity contribution in [3.63, 3.8) is 0 Å². The molecule has 0 saturated carbocycles. The summed E-state index contributed by atoms with van der Waals surface area (Å²) in [4.78, 5) is 13.1. The number of halogens is 2. The largest absolute Gasteiger partial charge is 0.337 e. The number of hydrogen-bond donors (Lipinski definition) is 1. The second kappa shape index (κ2) is 7.68. The highest BCUT2D eigenvalue weighted by molar-refractivity contribution is 7.91. The number of nitrogens with zero attached hydrogens (tertiary/aromatic N) is 1. The van der Waals surface area contributed by atoms with Crippen molar-refractivity contribution in [2.75, 3.05) is 12.8 Å². The number of hydrogen-bond acceptors (Lipinski definition) is 5. The van der Waals surface area contributed by atoms with Gasteiger partial charge in [-0.1, -0.05) is 6.07 Å². The van der Waals surface area contributed by atoms with E-state index >= 15 is 0 Å². The van der Waals surface area contributed by atoms with Crippen molar-refractivity contribution in [1.29, 1.82) is 0 Å².